The molecular weight excluding hydrogens is 284 g/mol. The summed E-state index contributed by atoms with van der Waals surface area (Å²) in [5.74, 6) is 2.34. The molecule has 21 heavy (non-hydrogen) atoms. The molecule has 0 unspecified atom stereocenters. The van der Waals surface area contributed by atoms with Crippen LogP contribution >= 0.6 is 11.3 Å². The Morgan fingerprint density at radius 3 is 2.57 bits per heavy atom. The molecule has 0 aliphatic heterocycles. The minimum Gasteiger partial charge on any atom is -0.374 e. The zero-order valence-corrected chi connectivity index (χ0v) is 13.6. The van der Waals surface area contributed by atoms with Gasteiger partial charge in [-0.3, -0.25) is 0 Å². The molecule has 5 nitrogen and oxygen atoms in total. The van der Waals surface area contributed by atoms with E-state index in [0.29, 0.717) is 19.0 Å². The zero-order valence-electron chi connectivity index (χ0n) is 12.8. The third-order valence-electron chi connectivity index (χ3n) is 2.96. The van der Waals surface area contributed by atoms with Gasteiger partial charge >= 0.3 is 0 Å². The van der Waals surface area contributed by atoms with Gasteiger partial charge in [-0.1, -0.05) is 0 Å². The van der Waals surface area contributed by atoms with Crippen LogP contribution in [0.25, 0.3) is 0 Å². The molecule has 2 heterocycles. The molecule has 0 aliphatic rings. The predicted octanol–water partition coefficient (Wildman–Crippen LogP) is 3.43. The van der Waals surface area contributed by atoms with Crippen LogP contribution in [0.5, 0.6) is 0 Å². The normalized spacial score (nSPS) is 10.6. The number of nitrogens with one attached hydrogen (secondary N) is 2. The second-order valence-corrected chi connectivity index (χ2v) is 5.60. The fourth-order valence-electron chi connectivity index (χ4n) is 1.87. The molecule has 2 aromatic rings. The topological polar surface area (TPSA) is 59.1 Å². The lowest BCUT2D eigenvalue weighted by Gasteiger charge is -2.10. The number of hydrogen-bond acceptors (Lipinski definition) is 6. The number of thiophene rings is 1. The van der Waals surface area contributed by atoms with Crippen molar-refractivity contribution in [2.75, 3.05) is 23.8 Å². The number of aryl methyl sites for hydroxylation is 1. The molecule has 2 rings (SSSR count). The number of aromatic nitrogens is 2. The zero-order chi connectivity index (χ0) is 15.1. The quantitative estimate of drug-likeness (QED) is 0.782. The molecule has 0 aliphatic carbocycles. The average Bonchev–Trinajstić information content (AvgIpc) is 2.88. The number of anilines is 2. The molecule has 0 radical (unpaired) electrons. The molecule has 114 valence electrons. The molecule has 6 heteroatoms. The van der Waals surface area contributed by atoms with Crippen molar-refractivity contribution in [1.82, 2.24) is 9.97 Å². The second kappa shape index (κ2) is 7.95. The minimum absolute atomic E-state index is 0.433. The first-order chi connectivity index (χ1) is 10.2. The highest BCUT2D eigenvalue weighted by molar-refractivity contribution is 7.10. The van der Waals surface area contributed by atoms with E-state index in [-0.39, 0.29) is 0 Å². The Kier molecular flexibility index (Phi) is 5.95. The van der Waals surface area contributed by atoms with Gasteiger partial charge in [-0.25, -0.2) is 9.97 Å². The summed E-state index contributed by atoms with van der Waals surface area (Å²) >= 11 is 1.76. The Hall–Kier alpha value is -1.66. The van der Waals surface area contributed by atoms with Crippen molar-refractivity contribution in [3.8, 4) is 0 Å². The van der Waals surface area contributed by atoms with Gasteiger partial charge in [0.15, 0.2) is 5.82 Å². The van der Waals surface area contributed by atoms with E-state index in [1.807, 2.05) is 19.9 Å². The highest BCUT2D eigenvalue weighted by atomic mass is 32.1. The fourth-order valence-corrected chi connectivity index (χ4v) is 2.72. The highest BCUT2D eigenvalue weighted by Gasteiger charge is 2.06. The van der Waals surface area contributed by atoms with E-state index < -0.39 is 0 Å². The first-order valence-electron chi connectivity index (χ1n) is 7.19. The standard InChI is InChI=1S/C15H22N4OS/c1-4-16-13-8-14(19-15(18-13)10-20-5-2)17-9-12-11(3)6-7-21-12/h6-8H,4-5,9-10H2,1-3H3,(H2,16,17,18,19). The van der Waals surface area contributed by atoms with Crippen LogP contribution in [0.1, 0.15) is 30.1 Å². The van der Waals surface area contributed by atoms with Crippen LogP contribution in [0.4, 0.5) is 11.6 Å². The van der Waals surface area contributed by atoms with Crippen molar-refractivity contribution >= 4 is 23.0 Å². The summed E-state index contributed by atoms with van der Waals surface area (Å²) in [6, 6.07) is 4.06. The van der Waals surface area contributed by atoms with E-state index in [1.54, 1.807) is 11.3 Å². The molecule has 2 N–H and O–H groups in total. The summed E-state index contributed by atoms with van der Waals surface area (Å²) in [4.78, 5) is 10.3. The Bertz CT molecular complexity index is 571. The third kappa shape index (κ3) is 4.68. The van der Waals surface area contributed by atoms with E-state index in [4.69, 9.17) is 4.74 Å². The molecule has 0 spiro atoms. The van der Waals surface area contributed by atoms with Crippen LogP contribution in [-0.2, 0) is 17.9 Å². The van der Waals surface area contributed by atoms with Gasteiger partial charge in [0.1, 0.15) is 18.2 Å². The average molecular weight is 306 g/mol. The van der Waals surface area contributed by atoms with Crippen LogP contribution < -0.4 is 10.6 Å². The largest absolute Gasteiger partial charge is 0.374 e. The van der Waals surface area contributed by atoms with Gasteiger partial charge in [0.05, 0.1) is 6.54 Å². The molecule has 0 atom stereocenters. The second-order valence-electron chi connectivity index (χ2n) is 4.60. The lowest BCUT2D eigenvalue weighted by atomic mass is 10.3. The van der Waals surface area contributed by atoms with Crippen LogP contribution in [-0.4, -0.2) is 23.1 Å². The lowest BCUT2D eigenvalue weighted by Crippen LogP contribution is -2.09. The maximum absolute atomic E-state index is 5.40. The summed E-state index contributed by atoms with van der Waals surface area (Å²) in [5.41, 5.74) is 1.31. The maximum atomic E-state index is 5.40. The van der Waals surface area contributed by atoms with Gasteiger partial charge in [-0.05, 0) is 37.8 Å². The van der Waals surface area contributed by atoms with Crippen molar-refractivity contribution in [1.29, 1.82) is 0 Å². The molecule has 2 aromatic heterocycles. The maximum Gasteiger partial charge on any atom is 0.158 e. The molecule has 0 fully saturated rings. The Morgan fingerprint density at radius 1 is 1.19 bits per heavy atom. The summed E-state index contributed by atoms with van der Waals surface area (Å²) in [7, 11) is 0. The van der Waals surface area contributed by atoms with E-state index in [2.05, 4.69) is 39.0 Å². The Morgan fingerprint density at radius 2 is 1.95 bits per heavy atom. The van der Waals surface area contributed by atoms with Crippen LogP contribution in [0.15, 0.2) is 17.5 Å². The van der Waals surface area contributed by atoms with E-state index >= 15 is 0 Å². The molecule has 0 saturated carbocycles. The van der Waals surface area contributed by atoms with Crippen LogP contribution in [0.3, 0.4) is 0 Å². The van der Waals surface area contributed by atoms with Gasteiger partial charge in [-0.15, -0.1) is 11.3 Å². The van der Waals surface area contributed by atoms with Crippen molar-refractivity contribution in [3.05, 3.63) is 33.8 Å². The summed E-state index contributed by atoms with van der Waals surface area (Å²) in [6.07, 6.45) is 0. The summed E-state index contributed by atoms with van der Waals surface area (Å²) < 4.78 is 5.40. The number of nitrogens with zero attached hydrogens (tertiary/aromatic N) is 2. The lowest BCUT2D eigenvalue weighted by molar-refractivity contribution is 0.128. The summed E-state index contributed by atoms with van der Waals surface area (Å²) in [5, 5.41) is 8.70. The van der Waals surface area contributed by atoms with Crippen molar-refractivity contribution < 1.29 is 4.74 Å². The van der Waals surface area contributed by atoms with Crippen molar-refractivity contribution in [3.63, 3.8) is 0 Å². The van der Waals surface area contributed by atoms with Gasteiger partial charge < -0.3 is 15.4 Å². The van der Waals surface area contributed by atoms with E-state index in [0.717, 1.165) is 24.7 Å². The molecule has 0 saturated heterocycles. The minimum atomic E-state index is 0.433. The van der Waals surface area contributed by atoms with Crippen molar-refractivity contribution in [2.45, 2.75) is 33.9 Å². The van der Waals surface area contributed by atoms with Crippen LogP contribution in [0, 0.1) is 6.92 Å². The predicted molar refractivity (Wildman–Crippen MR) is 87.9 cm³/mol. The first-order valence-corrected chi connectivity index (χ1v) is 8.07. The first kappa shape index (κ1) is 15.7. The third-order valence-corrected chi connectivity index (χ3v) is 3.99. The van der Waals surface area contributed by atoms with Gasteiger partial charge in [0, 0.05) is 24.1 Å². The van der Waals surface area contributed by atoms with Gasteiger partial charge in [-0.2, -0.15) is 0 Å². The molecule has 0 amide bonds. The highest BCUT2D eigenvalue weighted by Crippen LogP contribution is 2.18. The number of ether oxygens (including phenoxy) is 1. The van der Waals surface area contributed by atoms with Gasteiger partial charge in [0.25, 0.3) is 0 Å². The monoisotopic (exact) mass is 306 g/mol. The summed E-state index contributed by atoms with van der Waals surface area (Å²) in [6.45, 7) is 8.83. The van der Waals surface area contributed by atoms with Gasteiger partial charge in [0.2, 0.25) is 0 Å². The van der Waals surface area contributed by atoms with Crippen molar-refractivity contribution in [2.24, 2.45) is 0 Å². The fraction of sp³-hybridized carbons (Fsp3) is 0.467. The molecular formula is C15H22N4OS. The molecule has 0 bridgehead atoms. The van der Waals surface area contributed by atoms with E-state index in [9.17, 15) is 0 Å². The smallest absolute Gasteiger partial charge is 0.158 e. The Balaban J connectivity index is 2.09. The Labute approximate surface area is 129 Å². The number of hydrogen-bond donors (Lipinski definition) is 2. The number of rotatable bonds is 8. The molecule has 0 aromatic carbocycles. The van der Waals surface area contributed by atoms with Crippen LogP contribution in [0.2, 0.25) is 0 Å². The SMILES string of the molecule is CCNc1cc(NCc2sccc2C)nc(COCC)n1. The van der Waals surface area contributed by atoms with E-state index in [1.165, 1.54) is 10.4 Å².